The van der Waals surface area contributed by atoms with Crippen molar-refractivity contribution in [2.24, 2.45) is 0 Å². The fraction of sp³-hybridized carbons (Fsp3) is 0.286. The van der Waals surface area contributed by atoms with Crippen molar-refractivity contribution in [3.8, 4) is 11.6 Å². The summed E-state index contributed by atoms with van der Waals surface area (Å²) in [4.78, 5) is 17.7. The van der Waals surface area contributed by atoms with Crippen molar-refractivity contribution in [1.29, 1.82) is 0 Å². The maximum Gasteiger partial charge on any atom is 0.260 e. The molecular weight excluding hydrogens is 160 g/mol. The minimum absolute atomic E-state index is 0.0765. The van der Waals surface area contributed by atoms with Crippen molar-refractivity contribution in [2.45, 2.75) is 0 Å². The average Bonchev–Trinajstić information content (AvgIpc) is 2.16. The summed E-state index contributed by atoms with van der Waals surface area (Å²) in [5, 5.41) is 0. The van der Waals surface area contributed by atoms with Crippen LogP contribution < -0.4 is 9.47 Å². The number of rotatable bonds is 3. The van der Waals surface area contributed by atoms with E-state index in [9.17, 15) is 4.79 Å². The Labute approximate surface area is 69.4 Å². The summed E-state index contributed by atoms with van der Waals surface area (Å²) in [5.41, 5.74) is 0. The minimum Gasteiger partial charge on any atom is -0.490 e. The molecule has 0 aliphatic carbocycles. The first kappa shape index (κ1) is 8.45. The molecule has 0 N–H and O–H groups in total. The van der Waals surface area contributed by atoms with Gasteiger partial charge >= 0.3 is 0 Å². The van der Waals surface area contributed by atoms with Crippen molar-refractivity contribution in [1.82, 2.24) is 9.97 Å². The van der Waals surface area contributed by atoms with E-state index >= 15 is 0 Å². The molecule has 1 rings (SSSR count). The molecule has 1 aromatic rings. The molecule has 0 radical (unpaired) electrons. The Bertz CT molecular complexity index is 288. The van der Waals surface area contributed by atoms with E-state index in [0.717, 1.165) is 0 Å². The molecule has 1 aromatic heterocycles. The molecule has 0 aliphatic heterocycles. The molecule has 0 atom stereocenters. The average molecular weight is 168 g/mol. The SMILES string of the molecule is COc1cnc(C=O)nc1OC. The van der Waals surface area contributed by atoms with Crippen LogP contribution in [-0.4, -0.2) is 30.5 Å². The highest BCUT2D eigenvalue weighted by atomic mass is 16.5. The van der Waals surface area contributed by atoms with Gasteiger partial charge in [0, 0.05) is 0 Å². The van der Waals surface area contributed by atoms with Crippen LogP contribution in [0.3, 0.4) is 0 Å². The predicted octanol–water partition coefficient (Wildman–Crippen LogP) is 0.306. The van der Waals surface area contributed by atoms with Crippen LogP contribution in [0.15, 0.2) is 6.20 Å². The molecule has 12 heavy (non-hydrogen) atoms. The Kier molecular flexibility index (Phi) is 2.57. The van der Waals surface area contributed by atoms with Crippen molar-refractivity contribution >= 4 is 6.29 Å². The van der Waals surface area contributed by atoms with Gasteiger partial charge < -0.3 is 9.47 Å². The molecule has 0 fully saturated rings. The first-order valence-electron chi connectivity index (χ1n) is 3.22. The Morgan fingerprint density at radius 1 is 1.42 bits per heavy atom. The van der Waals surface area contributed by atoms with E-state index in [0.29, 0.717) is 12.0 Å². The van der Waals surface area contributed by atoms with Crippen LogP contribution in [0.4, 0.5) is 0 Å². The highest BCUT2D eigenvalue weighted by Crippen LogP contribution is 2.21. The van der Waals surface area contributed by atoms with Crippen LogP contribution in [0.2, 0.25) is 0 Å². The highest BCUT2D eigenvalue weighted by Gasteiger charge is 2.06. The number of hydrogen-bond donors (Lipinski definition) is 0. The second-order valence-electron chi connectivity index (χ2n) is 1.92. The monoisotopic (exact) mass is 168 g/mol. The van der Waals surface area contributed by atoms with Crippen LogP contribution >= 0.6 is 0 Å². The van der Waals surface area contributed by atoms with Crippen molar-refractivity contribution in [3.05, 3.63) is 12.0 Å². The number of hydrogen-bond acceptors (Lipinski definition) is 5. The molecule has 0 amide bonds. The maximum absolute atomic E-state index is 10.3. The molecule has 0 saturated carbocycles. The van der Waals surface area contributed by atoms with Gasteiger partial charge in [-0.3, -0.25) is 4.79 Å². The Balaban J connectivity index is 3.10. The van der Waals surface area contributed by atoms with Gasteiger partial charge in [-0.1, -0.05) is 0 Å². The standard InChI is InChI=1S/C7H8N2O3/c1-11-5-3-8-6(4-10)9-7(5)12-2/h3-4H,1-2H3. The molecule has 5 nitrogen and oxygen atoms in total. The summed E-state index contributed by atoms with van der Waals surface area (Å²) in [6, 6.07) is 0. The van der Waals surface area contributed by atoms with Crippen molar-refractivity contribution in [2.75, 3.05) is 14.2 Å². The van der Waals surface area contributed by atoms with Crippen LogP contribution in [0.25, 0.3) is 0 Å². The lowest BCUT2D eigenvalue weighted by molar-refractivity contribution is 0.111. The molecule has 0 bridgehead atoms. The van der Waals surface area contributed by atoms with Gasteiger partial charge in [-0.2, -0.15) is 4.98 Å². The summed E-state index contributed by atoms with van der Waals surface area (Å²) in [7, 11) is 2.92. The van der Waals surface area contributed by atoms with Gasteiger partial charge in [0.2, 0.25) is 0 Å². The number of aldehydes is 1. The zero-order chi connectivity index (χ0) is 8.97. The highest BCUT2D eigenvalue weighted by molar-refractivity contribution is 5.69. The van der Waals surface area contributed by atoms with Crippen LogP contribution in [0.1, 0.15) is 10.6 Å². The molecule has 0 unspecified atom stereocenters. The fourth-order valence-corrected chi connectivity index (χ4v) is 0.711. The topological polar surface area (TPSA) is 61.3 Å². The van der Waals surface area contributed by atoms with Gasteiger partial charge in [0.1, 0.15) is 0 Å². The van der Waals surface area contributed by atoms with Crippen molar-refractivity contribution < 1.29 is 14.3 Å². The third kappa shape index (κ3) is 1.50. The van der Waals surface area contributed by atoms with Gasteiger partial charge in [0.15, 0.2) is 17.9 Å². The molecule has 0 saturated heterocycles. The maximum atomic E-state index is 10.3. The van der Waals surface area contributed by atoms with Gasteiger partial charge in [0.25, 0.3) is 5.88 Å². The zero-order valence-corrected chi connectivity index (χ0v) is 6.77. The fourth-order valence-electron chi connectivity index (χ4n) is 0.711. The molecule has 0 spiro atoms. The first-order valence-corrected chi connectivity index (χ1v) is 3.22. The van der Waals surface area contributed by atoms with Gasteiger partial charge in [-0.05, 0) is 0 Å². The largest absolute Gasteiger partial charge is 0.490 e. The van der Waals surface area contributed by atoms with E-state index in [-0.39, 0.29) is 11.7 Å². The number of methoxy groups -OCH3 is 2. The second kappa shape index (κ2) is 3.66. The molecular formula is C7H8N2O3. The van der Waals surface area contributed by atoms with Gasteiger partial charge in [0.05, 0.1) is 20.4 Å². The summed E-state index contributed by atoms with van der Waals surface area (Å²) in [5.74, 6) is 0.741. The van der Waals surface area contributed by atoms with E-state index in [1.165, 1.54) is 20.4 Å². The predicted molar refractivity (Wildman–Crippen MR) is 40.5 cm³/mol. The van der Waals surface area contributed by atoms with E-state index in [1.807, 2.05) is 0 Å². The summed E-state index contributed by atoms with van der Waals surface area (Å²) >= 11 is 0. The molecule has 0 aliphatic rings. The van der Waals surface area contributed by atoms with Gasteiger partial charge in [-0.15, -0.1) is 0 Å². The first-order chi connectivity index (χ1) is 5.81. The van der Waals surface area contributed by atoms with E-state index in [1.54, 1.807) is 0 Å². The molecule has 0 aromatic carbocycles. The second-order valence-corrected chi connectivity index (χ2v) is 1.92. The number of carbonyl (C=O) groups excluding carboxylic acids is 1. The van der Waals surface area contributed by atoms with Crippen LogP contribution in [-0.2, 0) is 0 Å². The molecule has 1 heterocycles. The number of carbonyl (C=O) groups is 1. The Morgan fingerprint density at radius 3 is 2.67 bits per heavy atom. The summed E-state index contributed by atoms with van der Waals surface area (Å²) in [6.07, 6.45) is 1.93. The Morgan fingerprint density at radius 2 is 2.17 bits per heavy atom. The smallest absolute Gasteiger partial charge is 0.260 e. The zero-order valence-electron chi connectivity index (χ0n) is 6.77. The van der Waals surface area contributed by atoms with Crippen LogP contribution in [0, 0.1) is 0 Å². The Hall–Kier alpha value is -1.65. The normalized spacial score (nSPS) is 9.17. The summed E-state index contributed by atoms with van der Waals surface area (Å²) in [6.45, 7) is 0. The number of ether oxygens (including phenoxy) is 2. The minimum atomic E-state index is 0.0765. The van der Waals surface area contributed by atoms with E-state index in [4.69, 9.17) is 9.47 Å². The van der Waals surface area contributed by atoms with Gasteiger partial charge in [-0.25, -0.2) is 4.98 Å². The quantitative estimate of drug-likeness (QED) is 0.607. The van der Waals surface area contributed by atoms with Crippen LogP contribution in [0.5, 0.6) is 11.6 Å². The molecule has 64 valence electrons. The number of nitrogens with zero attached hydrogens (tertiary/aromatic N) is 2. The lowest BCUT2D eigenvalue weighted by atomic mass is 10.5. The third-order valence-corrected chi connectivity index (χ3v) is 1.26. The van der Waals surface area contributed by atoms with E-state index < -0.39 is 0 Å². The number of aromatic nitrogens is 2. The summed E-state index contributed by atoms with van der Waals surface area (Å²) < 4.78 is 9.71. The molecule has 5 heteroatoms. The lowest BCUT2D eigenvalue weighted by Gasteiger charge is -2.04. The lowest BCUT2D eigenvalue weighted by Crippen LogP contribution is -1.98. The third-order valence-electron chi connectivity index (χ3n) is 1.26. The van der Waals surface area contributed by atoms with E-state index in [2.05, 4.69) is 9.97 Å². The van der Waals surface area contributed by atoms with Crippen molar-refractivity contribution in [3.63, 3.8) is 0 Å².